The zero-order valence-corrected chi connectivity index (χ0v) is 14.9. The first-order valence-corrected chi connectivity index (χ1v) is 8.92. The van der Waals surface area contributed by atoms with Crippen molar-refractivity contribution in [2.45, 2.75) is 71.3 Å². The van der Waals surface area contributed by atoms with Crippen LogP contribution in [0.5, 0.6) is 0 Å². The largest absolute Gasteiger partial charge is 0.352 e. The minimum absolute atomic E-state index is 0. The van der Waals surface area contributed by atoms with E-state index in [4.69, 9.17) is 0 Å². The maximum absolute atomic E-state index is 13.1. The molecule has 0 radical (unpaired) electrons. The Morgan fingerprint density at radius 1 is 1.09 bits per heavy atom. The zero-order valence-electron chi connectivity index (χ0n) is 14.0. The SMILES string of the molecule is CC12CC3CC(C)(C1)CC(C(=O)N[C@H]1CCCNC1)(C3)C2.Cl. The first-order chi connectivity index (χ1) is 9.91. The van der Waals surface area contributed by atoms with Crippen LogP contribution in [0.15, 0.2) is 0 Å². The fourth-order valence-corrected chi connectivity index (χ4v) is 7.01. The molecule has 22 heavy (non-hydrogen) atoms. The number of nitrogens with one attached hydrogen (secondary N) is 2. The molecule has 2 N–H and O–H groups in total. The Bertz CT molecular complexity index is 442. The Kier molecular flexibility index (Phi) is 4.05. The smallest absolute Gasteiger partial charge is 0.226 e. The minimum Gasteiger partial charge on any atom is -0.352 e. The molecule has 1 aliphatic heterocycles. The van der Waals surface area contributed by atoms with Crippen LogP contribution < -0.4 is 10.6 Å². The molecule has 4 aliphatic carbocycles. The number of rotatable bonds is 2. The summed E-state index contributed by atoms with van der Waals surface area (Å²) in [6, 6.07) is 0.361. The predicted molar refractivity (Wildman–Crippen MR) is 91.1 cm³/mol. The van der Waals surface area contributed by atoms with Crippen molar-refractivity contribution < 1.29 is 4.79 Å². The van der Waals surface area contributed by atoms with Crippen LogP contribution in [-0.4, -0.2) is 25.0 Å². The third kappa shape index (κ3) is 2.69. The lowest BCUT2D eigenvalue weighted by Crippen LogP contribution is -2.61. The van der Waals surface area contributed by atoms with Gasteiger partial charge in [0.1, 0.15) is 0 Å². The summed E-state index contributed by atoms with van der Waals surface area (Å²) in [5.74, 6) is 1.18. The van der Waals surface area contributed by atoms with E-state index < -0.39 is 0 Å². The van der Waals surface area contributed by atoms with E-state index in [1.54, 1.807) is 0 Å². The second-order valence-electron chi connectivity index (χ2n) is 9.43. The van der Waals surface area contributed by atoms with Gasteiger partial charge in [-0.3, -0.25) is 4.79 Å². The average Bonchev–Trinajstić information content (AvgIpc) is 2.35. The molecule has 0 aromatic heterocycles. The molecule has 2 unspecified atom stereocenters. The molecule has 4 heteroatoms. The first-order valence-electron chi connectivity index (χ1n) is 8.92. The van der Waals surface area contributed by atoms with Gasteiger partial charge in [-0.15, -0.1) is 12.4 Å². The summed E-state index contributed by atoms with van der Waals surface area (Å²) in [6.45, 7) is 6.95. The molecule has 3 atom stereocenters. The third-order valence-corrected chi connectivity index (χ3v) is 6.74. The van der Waals surface area contributed by atoms with E-state index in [0.29, 0.717) is 22.8 Å². The quantitative estimate of drug-likeness (QED) is 0.817. The molecular formula is C18H31ClN2O. The molecule has 4 saturated carbocycles. The Balaban J connectivity index is 0.00000144. The highest BCUT2D eigenvalue weighted by molar-refractivity contribution is 5.85. The Hall–Kier alpha value is -0.280. The van der Waals surface area contributed by atoms with Gasteiger partial charge < -0.3 is 10.6 Å². The van der Waals surface area contributed by atoms with Crippen molar-refractivity contribution >= 4 is 18.3 Å². The number of halogens is 1. The lowest BCUT2D eigenvalue weighted by molar-refractivity contribution is -0.170. The van der Waals surface area contributed by atoms with E-state index in [1.807, 2.05) is 0 Å². The Morgan fingerprint density at radius 3 is 2.32 bits per heavy atom. The van der Waals surface area contributed by atoms with Gasteiger partial charge in [0.25, 0.3) is 0 Å². The fourth-order valence-electron chi connectivity index (χ4n) is 7.01. The second kappa shape index (κ2) is 5.37. The van der Waals surface area contributed by atoms with Gasteiger partial charge in [-0.25, -0.2) is 0 Å². The molecule has 1 amide bonds. The monoisotopic (exact) mass is 326 g/mol. The van der Waals surface area contributed by atoms with Crippen molar-refractivity contribution in [3.8, 4) is 0 Å². The molecule has 5 aliphatic rings. The molecule has 1 heterocycles. The van der Waals surface area contributed by atoms with Gasteiger partial charge in [-0.1, -0.05) is 13.8 Å². The lowest BCUT2D eigenvalue weighted by atomic mass is 9.40. The maximum atomic E-state index is 13.1. The van der Waals surface area contributed by atoms with Gasteiger partial charge in [0.15, 0.2) is 0 Å². The number of carbonyl (C=O) groups is 1. The topological polar surface area (TPSA) is 41.1 Å². The van der Waals surface area contributed by atoms with Gasteiger partial charge in [0.2, 0.25) is 5.91 Å². The van der Waals surface area contributed by atoms with Crippen LogP contribution in [0.4, 0.5) is 0 Å². The summed E-state index contributed by atoms with van der Waals surface area (Å²) in [7, 11) is 0. The Labute approximate surface area is 140 Å². The summed E-state index contributed by atoms with van der Waals surface area (Å²) in [5.41, 5.74) is 0.813. The van der Waals surface area contributed by atoms with Crippen LogP contribution in [0.2, 0.25) is 0 Å². The molecule has 0 aromatic carbocycles. The highest BCUT2D eigenvalue weighted by Crippen LogP contribution is 2.69. The minimum atomic E-state index is -0.0413. The van der Waals surface area contributed by atoms with E-state index >= 15 is 0 Å². The van der Waals surface area contributed by atoms with E-state index in [2.05, 4.69) is 24.5 Å². The van der Waals surface area contributed by atoms with Gasteiger partial charge in [-0.2, -0.15) is 0 Å². The third-order valence-electron chi connectivity index (χ3n) is 6.74. The fraction of sp³-hybridized carbons (Fsp3) is 0.944. The lowest BCUT2D eigenvalue weighted by Gasteiger charge is -2.64. The van der Waals surface area contributed by atoms with Gasteiger partial charge in [-0.05, 0) is 74.7 Å². The standard InChI is InChI=1S/C18H30N2O.ClH/c1-16-6-13-7-17(2,10-16)12-18(8-13,11-16)15(21)20-14-4-3-5-19-9-14;/h13-14,19H,3-12H2,1-2H3,(H,20,21);1H/t13?,14-,16?,17?,18?;/m0./s1. The Morgan fingerprint density at radius 2 is 1.77 bits per heavy atom. The number of hydrogen-bond acceptors (Lipinski definition) is 2. The van der Waals surface area contributed by atoms with Crippen LogP contribution in [0.25, 0.3) is 0 Å². The summed E-state index contributed by atoms with van der Waals surface area (Å²) in [5, 5.41) is 6.82. The van der Waals surface area contributed by atoms with E-state index in [0.717, 1.165) is 44.7 Å². The van der Waals surface area contributed by atoms with Crippen molar-refractivity contribution in [2.24, 2.45) is 22.2 Å². The van der Waals surface area contributed by atoms with E-state index in [1.165, 1.54) is 25.7 Å². The van der Waals surface area contributed by atoms with Gasteiger partial charge in [0, 0.05) is 12.6 Å². The summed E-state index contributed by atoms with van der Waals surface area (Å²) < 4.78 is 0. The molecule has 1 saturated heterocycles. The number of hydrogen-bond donors (Lipinski definition) is 2. The molecule has 5 fully saturated rings. The van der Waals surface area contributed by atoms with Crippen molar-refractivity contribution in [3.05, 3.63) is 0 Å². The van der Waals surface area contributed by atoms with Crippen LogP contribution >= 0.6 is 12.4 Å². The number of amides is 1. The average molecular weight is 327 g/mol. The highest BCUT2D eigenvalue weighted by atomic mass is 35.5. The normalized spacial score (nSPS) is 49.5. The molecule has 4 bridgehead atoms. The first kappa shape index (κ1) is 16.6. The maximum Gasteiger partial charge on any atom is 0.226 e. The molecule has 126 valence electrons. The molecule has 5 rings (SSSR count). The van der Waals surface area contributed by atoms with E-state index in [-0.39, 0.29) is 17.8 Å². The second-order valence-corrected chi connectivity index (χ2v) is 9.43. The van der Waals surface area contributed by atoms with Crippen LogP contribution in [0.1, 0.15) is 65.2 Å². The zero-order chi connectivity index (χ0) is 14.7. The van der Waals surface area contributed by atoms with Crippen LogP contribution in [-0.2, 0) is 4.79 Å². The van der Waals surface area contributed by atoms with Crippen molar-refractivity contribution in [2.75, 3.05) is 13.1 Å². The molecule has 3 nitrogen and oxygen atoms in total. The van der Waals surface area contributed by atoms with Crippen molar-refractivity contribution in [1.82, 2.24) is 10.6 Å². The molecule has 0 aromatic rings. The predicted octanol–water partition coefficient (Wildman–Crippen LogP) is 3.27. The summed E-state index contributed by atoms with van der Waals surface area (Å²) in [6.07, 6.45) is 9.84. The number of carbonyl (C=O) groups excluding carboxylic acids is 1. The van der Waals surface area contributed by atoms with Crippen molar-refractivity contribution in [3.63, 3.8) is 0 Å². The molecular weight excluding hydrogens is 296 g/mol. The van der Waals surface area contributed by atoms with Crippen LogP contribution in [0, 0.1) is 22.2 Å². The molecule has 0 spiro atoms. The van der Waals surface area contributed by atoms with Gasteiger partial charge >= 0.3 is 0 Å². The summed E-state index contributed by atoms with van der Waals surface area (Å²) >= 11 is 0. The van der Waals surface area contributed by atoms with Crippen molar-refractivity contribution in [1.29, 1.82) is 0 Å². The summed E-state index contributed by atoms with van der Waals surface area (Å²) in [4.78, 5) is 13.1. The van der Waals surface area contributed by atoms with Gasteiger partial charge in [0.05, 0.1) is 5.41 Å². The van der Waals surface area contributed by atoms with Crippen LogP contribution in [0.3, 0.4) is 0 Å². The number of piperidine rings is 1. The van der Waals surface area contributed by atoms with E-state index in [9.17, 15) is 4.79 Å². The highest BCUT2D eigenvalue weighted by Gasteiger charge is 2.62.